The number of ether oxygens (including phenoxy) is 1. The molecule has 0 aromatic carbocycles. The Kier molecular flexibility index (Phi) is 7.09. The first-order chi connectivity index (χ1) is 14.6. The number of hydrogen-bond donors (Lipinski definition) is 2. The van der Waals surface area contributed by atoms with Gasteiger partial charge in [-0.2, -0.15) is 0 Å². The number of carbonyl (C=O) groups excluding carboxylic acids is 1. The molecule has 2 N–H and O–H groups in total. The van der Waals surface area contributed by atoms with E-state index in [1.54, 1.807) is 32.3 Å². The summed E-state index contributed by atoms with van der Waals surface area (Å²) in [6.45, 7) is 7.47. The van der Waals surface area contributed by atoms with Gasteiger partial charge >= 0.3 is 6.09 Å². The molecule has 0 aliphatic heterocycles. The van der Waals surface area contributed by atoms with Crippen molar-refractivity contribution in [1.29, 1.82) is 0 Å². The number of pyridine rings is 1. The SMILES string of the molecule is CC(C)NC(=O)OCC1CC(c2cnc(Nc3ccc(S(=O)(=O)C(C)C)cn3)nc2)C1. The van der Waals surface area contributed by atoms with Crippen LogP contribution < -0.4 is 10.6 Å². The molecule has 1 fully saturated rings. The summed E-state index contributed by atoms with van der Waals surface area (Å²) in [6.07, 6.45) is 6.38. The van der Waals surface area contributed by atoms with Crippen molar-refractivity contribution in [3.05, 3.63) is 36.3 Å². The maximum atomic E-state index is 12.2. The van der Waals surface area contributed by atoms with E-state index in [1.165, 1.54) is 12.3 Å². The minimum Gasteiger partial charge on any atom is -0.449 e. The van der Waals surface area contributed by atoms with Crippen molar-refractivity contribution in [2.24, 2.45) is 5.92 Å². The van der Waals surface area contributed by atoms with E-state index in [2.05, 4.69) is 25.6 Å². The molecule has 2 aromatic rings. The van der Waals surface area contributed by atoms with Crippen LogP contribution in [0.1, 0.15) is 52.0 Å². The summed E-state index contributed by atoms with van der Waals surface area (Å²) in [6, 6.07) is 3.18. The van der Waals surface area contributed by atoms with E-state index in [9.17, 15) is 13.2 Å². The Hall–Kier alpha value is -2.75. The molecule has 9 nitrogen and oxygen atoms in total. The van der Waals surface area contributed by atoms with Crippen molar-refractivity contribution in [1.82, 2.24) is 20.3 Å². The molecule has 0 unspecified atom stereocenters. The molecule has 1 aliphatic carbocycles. The minimum absolute atomic E-state index is 0.0622. The normalized spacial score (nSPS) is 18.5. The van der Waals surface area contributed by atoms with Gasteiger partial charge in [-0.05, 0) is 70.1 Å². The van der Waals surface area contributed by atoms with Crippen LogP contribution >= 0.6 is 0 Å². The molecule has 2 aromatic heterocycles. The lowest BCUT2D eigenvalue weighted by Crippen LogP contribution is -2.34. The van der Waals surface area contributed by atoms with E-state index >= 15 is 0 Å². The third kappa shape index (κ3) is 5.90. The van der Waals surface area contributed by atoms with Gasteiger partial charge in [-0.15, -0.1) is 0 Å². The number of nitrogens with one attached hydrogen (secondary N) is 2. The van der Waals surface area contributed by atoms with E-state index in [1.807, 2.05) is 13.8 Å². The Balaban J connectivity index is 1.49. The third-order valence-corrected chi connectivity index (χ3v) is 7.30. The van der Waals surface area contributed by atoms with Crippen molar-refractivity contribution in [2.75, 3.05) is 11.9 Å². The highest BCUT2D eigenvalue weighted by Crippen LogP contribution is 2.41. The lowest BCUT2D eigenvalue weighted by atomic mass is 9.72. The zero-order valence-corrected chi connectivity index (χ0v) is 19.0. The Morgan fingerprint density at radius 2 is 1.77 bits per heavy atom. The van der Waals surface area contributed by atoms with Crippen LogP contribution in [0.2, 0.25) is 0 Å². The van der Waals surface area contributed by atoms with Gasteiger partial charge in [0, 0.05) is 24.6 Å². The number of rotatable bonds is 8. The molecule has 10 heteroatoms. The van der Waals surface area contributed by atoms with Crippen LogP contribution in [0.15, 0.2) is 35.6 Å². The maximum absolute atomic E-state index is 12.2. The summed E-state index contributed by atoms with van der Waals surface area (Å²) in [5, 5.41) is 5.18. The Labute approximate surface area is 183 Å². The van der Waals surface area contributed by atoms with Gasteiger partial charge in [0.1, 0.15) is 5.82 Å². The molecule has 0 bridgehead atoms. The predicted molar refractivity (Wildman–Crippen MR) is 117 cm³/mol. The summed E-state index contributed by atoms with van der Waals surface area (Å²) in [7, 11) is -3.35. The van der Waals surface area contributed by atoms with E-state index in [4.69, 9.17) is 4.74 Å². The highest BCUT2D eigenvalue weighted by Gasteiger charge is 2.31. The van der Waals surface area contributed by atoms with Crippen LogP contribution in [0.25, 0.3) is 0 Å². The van der Waals surface area contributed by atoms with Gasteiger partial charge in [0.15, 0.2) is 9.84 Å². The number of nitrogens with zero attached hydrogens (tertiary/aromatic N) is 3. The number of aromatic nitrogens is 3. The molecule has 168 valence electrons. The van der Waals surface area contributed by atoms with Crippen LogP contribution in [0.4, 0.5) is 16.6 Å². The number of amides is 1. The minimum atomic E-state index is -3.35. The van der Waals surface area contributed by atoms with Crippen molar-refractivity contribution in [3.8, 4) is 0 Å². The largest absolute Gasteiger partial charge is 0.449 e. The van der Waals surface area contributed by atoms with Crippen LogP contribution in [-0.2, 0) is 14.6 Å². The van der Waals surface area contributed by atoms with E-state index in [0.717, 1.165) is 18.4 Å². The van der Waals surface area contributed by atoms with E-state index in [-0.39, 0.29) is 17.0 Å². The summed E-state index contributed by atoms with van der Waals surface area (Å²) in [5.74, 6) is 1.57. The predicted octanol–water partition coefficient (Wildman–Crippen LogP) is 3.43. The van der Waals surface area contributed by atoms with Crippen LogP contribution in [-0.4, -0.2) is 47.4 Å². The Bertz CT molecular complexity index is 985. The fourth-order valence-corrected chi connectivity index (χ4v) is 4.24. The van der Waals surface area contributed by atoms with Gasteiger partial charge in [-0.25, -0.2) is 28.2 Å². The van der Waals surface area contributed by atoms with Gasteiger partial charge in [0.05, 0.1) is 16.8 Å². The van der Waals surface area contributed by atoms with Crippen LogP contribution in [0, 0.1) is 5.92 Å². The van der Waals surface area contributed by atoms with Gasteiger partial charge < -0.3 is 15.4 Å². The van der Waals surface area contributed by atoms with Gasteiger partial charge in [0.25, 0.3) is 0 Å². The number of anilines is 2. The maximum Gasteiger partial charge on any atom is 0.407 e. The molecule has 1 amide bonds. The fraction of sp³-hybridized carbons (Fsp3) is 0.524. The quantitative estimate of drug-likeness (QED) is 0.631. The first-order valence-electron chi connectivity index (χ1n) is 10.4. The second-order valence-corrected chi connectivity index (χ2v) is 10.9. The summed E-state index contributed by atoms with van der Waals surface area (Å²) >= 11 is 0. The van der Waals surface area contributed by atoms with Crippen molar-refractivity contribution in [3.63, 3.8) is 0 Å². The van der Waals surface area contributed by atoms with Gasteiger partial charge in [0.2, 0.25) is 5.95 Å². The highest BCUT2D eigenvalue weighted by atomic mass is 32.2. The smallest absolute Gasteiger partial charge is 0.407 e. The summed E-state index contributed by atoms with van der Waals surface area (Å²) < 4.78 is 29.6. The number of hydrogen-bond acceptors (Lipinski definition) is 8. The van der Waals surface area contributed by atoms with Gasteiger partial charge in [-0.3, -0.25) is 0 Å². The van der Waals surface area contributed by atoms with Crippen molar-refractivity contribution >= 4 is 27.7 Å². The van der Waals surface area contributed by atoms with E-state index < -0.39 is 15.1 Å². The number of carbonyl (C=O) groups is 1. The fourth-order valence-electron chi connectivity index (χ4n) is 3.24. The standard InChI is InChI=1S/C21H29N5O4S/c1-13(2)25-21(27)30-12-15-7-16(8-15)17-9-23-20(24-10-17)26-19-6-5-18(11-22-19)31(28,29)14(3)4/h5-6,9-11,13-16H,7-8,12H2,1-4H3,(H,25,27)(H,22,23,24,26). The summed E-state index contributed by atoms with van der Waals surface area (Å²) in [4.78, 5) is 24.5. The molecule has 0 atom stereocenters. The van der Waals surface area contributed by atoms with E-state index in [0.29, 0.717) is 30.2 Å². The molecule has 31 heavy (non-hydrogen) atoms. The third-order valence-electron chi connectivity index (χ3n) is 5.16. The highest BCUT2D eigenvalue weighted by molar-refractivity contribution is 7.92. The molecular weight excluding hydrogens is 418 g/mol. The molecule has 2 heterocycles. The first kappa shape index (κ1) is 22.9. The average molecular weight is 448 g/mol. The van der Waals surface area contributed by atoms with Crippen LogP contribution in [0.3, 0.4) is 0 Å². The second kappa shape index (κ2) is 9.59. The molecule has 1 saturated carbocycles. The Morgan fingerprint density at radius 1 is 1.10 bits per heavy atom. The lowest BCUT2D eigenvalue weighted by Gasteiger charge is -2.34. The molecule has 0 spiro atoms. The molecule has 0 saturated heterocycles. The monoisotopic (exact) mass is 447 g/mol. The zero-order valence-electron chi connectivity index (χ0n) is 18.2. The van der Waals surface area contributed by atoms with Gasteiger partial charge in [-0.1, -0.05) is 0 Å². The number of alkyl carbamates (subject to hydrolysis) is 1. The van der Waals surface area contributed by atoms with Crippen LogP contribution in [0.5, 0.6) is 0 Å². The zero-order chi connectivity index (χ0) is 22.6. The Morgan fingerprint density at radius 3 is 2.32 bits per heavy atom. The lowest BCUT2D eigenvalue weighted by molar-refractivity contribution is 0.0930. The first-order valence-corrected chi connectivity index (χ1v) is 11.9. The molecule has 3 rings (SSSR count). The van der Waals surface area contributed by atoms with Crippen molar-refractivity contribution in [2.45, 2.75) is 62.6 Å². The number of sulfone groups is 1. The molecule has 0 radical (unpaired) electrons. The topological polar surface area (TPSA) is 123 Å². The average Bonchev–Trinajstić information content (AvgIpc) is 2.67. The molecular formula is C21H29N5O4S. The summed E-state index contributed by atoms with van der Waals surface area (Å²) in [5.41, 5.74) is 1.04. The second-order valence-electron chi connectivity index (χ2n) is 8.37. The molecule has 1 aliphatic rings. The van der Waals surface area contributed by atoms with Crippen molar-refractivity contribution < 1.29 is 17.9 Å².